The topological polar surface area (TPSA) is 71.2 Å². The molecule has 4 nitrogen and oxygen atoms in total. The molecule has 1 aromatic heterocycles. The molecule has 0 aromatic carbocycles. The number of anilines is 2. The third-order valence-corrected chi connectivity index (χ3v) is 3.94. The fourth-order valence-corrected chi connectivity index (χ4v) is 2.78. The van der Waals surface area contributed by atoms with E-state index < -0.39 is 0 Å². The van der Waals surface area contributed by atoms with Crippen molar-refractivity contribution in [2.75, 3.05) is 17.6 Å². The Morgan fingerprint density at radius 3 is 2.88 bits per heavy atom. The molecule has 0 amide bonds. The van der Waals surface area contributed by atoms with Gasteiger partial charge in [0, 0.05) is 18.7 Å². The van der Waals surface area contributed by atoms with E-state index in [0.717, 1.165) is 36.0 Å². The first kappa shape index (κ1) is 12.6. The molecule has 1 heterocycles. The average molecular weight is 300 g/mol. The summed E-state index contributed by atoms with van der Waals surface area (Å²) >= 11 is 3.42. The van der Waals surface area contributed by atoms with Gasteiger partial charge in [0.25, 0.3) is 0 Å². The molecule has 0 bridgehead atoms. The zero-order valence-electron chi connectivity index (χ0n) is 9.69. The molecule has 1 aliphatic rings. The first-order chi connectivity index (χ1) is 8.18. The highest BCUT2D eigenvalue weighted by molar-refractivity contribution is 9.10. The molecule has 1 fully saturated rings. The third kappa shape index (κ3) is 3.10. The first-order valence-electron chi connectivity index (χ1n) is 5.99. The highest BCUT2D eigenvalue weighted by Crippen LogP contribution is 2.29. The Balaban J connectivity index is 1.97. The van der Waals surface area contributed by atoms with Gasteiger partial charge in [0.15, 0.2) is 0 Å². The van der Waals surface area contributed by atoms with Gasteiger partial charge in [0.1, 0.15) is 0 Å². The fraction of sp³-hybridized carbons (Fsp3) is 0.583. The summed E-state index contributed by atoms with van der Waals surface area (Å²) in [5.41, 5.74) is 7.36. The lowest BCUT2D eigenvalue weighted by atomic mass is 9.86. The Morgan fingerprint density at radius 2 is 2.18 bits per heavy atom. The van der Waals surface area contributed by atoms with E-state index in [9.17, 15) is 5.11 Å². The number of nitrogens with one attached hydrogen (secondary N) is 1. The number of aliphatic hydroxyl groups is 1. The summed E-state index contributed by atoms with van der Waals surface area (Å²) in [5, 5.41) is 13.2. The van der Waals surface area contributed by atoms with E-state index in [1.807, 2.05) is 0 Å². The minimum Gasteiger partial charge on any atom is -0.396 e. The summed E-state index contributed by atoms with van der Waals surface area (Å²) in [5.74, 6) is 0.322. The molecule has 0 saturated heterocycles. The molecule has 2 rings (SSSR count). The first-order valence-corrected chi connectivity index (χ1v) is 6.78. The maximum Gasteiger partial charge on any atom is 0.0750 e. The van der Waals surface area contributed by atoms with E-state index in [0.29, 0.717) is 11.6 Å². The van der Waals surface area contributed by atoms with Gasteiger partial charge in [0.2, 0.25) is 0 Å². The van der Waals surface area contributed by atoms with E-state index in [1.54, 1.807) is 12.4 Å². The predicted molar refractivity (Wildman–Crippen MR) is 72.8 cm³/mol. The van der Waals surface area contributed by atoms with Gasteiger partial charge in [-0.3, -0.25) is 4.98 Å². The van der Waals surface area contributed by atoms with Gasteiger partial charge in [-0.2, -0.15) is 0 Å². The summed E-state index contributed by atoms with van der Waals surface area (Å²) in [6, 6.07) is 0. The second-order valence-electron chi connectivity index (χ2n) is 4.58. The molecular formula is C12H18BrN3O. The van der Waals surface area contributed by atoms with Crippen molar-refractivity contribution in [2.24, 2.45) is 5.92 Å². The summed E-state index contributed by atoms with van der Waals surface area (Å²) in [6.45, 7) is 0.758. The van der Waals surface area contributed by atoms with Crippen LogP contribution in [0.5, 0.6) is 0 Å². The maximum atomic E-state index is 9.89. The smallest absolute Gasteiger partial charge is 0.0750 e. The zero-order chi connectivity index (χ0) is 12.3. The molecule has 1 aliphatic carbocycles. The molecule has 0 spiro atoms. The molecule has 2 unspecified atom stereocenters. The van der Waals surface area contributed by atoms with Crippen LogP contribution in [0, 0.1) is 5.92 Å². The number of nitrogen functional groups attached to an aromatic ring is 1. The number of aromatic nitrogens is 1. The van der Waals surface area contributed by atoms with Crippen LogP contribution in [0.25, 0.3) is 0 Å². The number of rotatable bonds is 3. The lowest BCUT2D eigenvalue weighted by molar-refractivity contribution is 0.0763. The predicted octanol–water partition coefficient (Wildman–Crippen LogP) is 2.39. The molecule has 0 aliphatic heterocycles. The van der Waals surface area contributed by atoms with E-state index in [2.05, 4.69) is 26.2 Å². The van der Waals surface area contributed by atoms with Crippen molar-refractivity contribution in [3.8, 4) is 0 Å². The number of nitrogens with two attached hydrogens (primary N) is 1. The van der Waals surface area contributed by atoms with Gasteiger partial charge in [-0.15, -0.1) is 0 Å². The number of aliphatic hydroxyl groups excluding tert-OH is 1. The van der Waals surface area contributed by atoms with Crippen LogP contribution in [0.15, 0.2) is 16.9 Å². The molecule has 5 heteroatoms. The lowest BCUT2D eigenvalue weighted by Crippen LogP contribution is -2.30. The van der Waals surface area contributed by atoms with Crippen molar-refractivity contribution >= 4 is 27.3 Å². The molecule has 1 aromatic rings. The molecular weight excluding hydrogens is 282 g/mol. The lowest BCUT2D eigenvalue weighted by Gasteiger charge is -2.28. The normalized spacial score (nSPS) is 24.6. The van der Waals surface area contributed by atoms with Gasteiger partial charge < -0.3 is 16.2 Å². The second-order valence-corrected chi connectivity index (χ2v) is 5.43. The molecule has 4 N–H and O–H groups in total. The minimum absolute atomic E-state index is 0.182. The molecule has 0 radical (unpaired) electrons. The van der Waals surface area contributed by atoms with Crippen molar-refractivity contribution in [1.82, 2.24) is 4.98 Å². The zero-order valence-corrected chi connectivity index (χ0v) is 11.3. The quantitative estimate of drug-likeness (QED) is 0.801. The van der Waals surface area contributed by atoms with E-state index in [4.69, 9.17) is 5.73 Å². The largest absolute Gasteiger partial charge is 0.396 e. The van der Waals surface area contributed by atoms with Crippen LogP contribution < -0.4 is 11.1 Å². The maximum absolute atomic E-state index is 9.89. The Labute approximate surface area is 110 Å². The molecule has 2 atom stereocenters. The van der Waals surface area contributed by atoms with Gasteiger partial charge in [0.05, 0.1) is 28.1 Å². The Bertz CT molecular complexity index is 366. The molecule has 1 saturated carbocycles. The van der Waals surface area contributed by atoms with Crippen molar-refractivity contribution in [3.05, 3.63) is 16.9 Å². The Hall–Kier alpha value is -0.810. The highest BCUT2D eigenvalue weighted by Gasteiger charge is 2.23. The van der Waals surface area contributed by atoms with Crippen LogP contribution in [0.3, 0.4) is 0 Å². The van der Waals surface area contributed by atoms with Crippen LogP contribution >= 0.6 is 15.9 Å². The summed E-state index contributed by atoms with van der Waals surface area (Å²) in [7, 11) is 0. The van der Waals surface area contributed by atoms with Gasteiger partial charge in [-0.25, -0.2) is 0 Å². The van der Waals surface area contributed by atoms with Gasteiger partial charge in [-0.1, -0.05) is 12.8 Å². The van der Waals surface area contributed by atoms with Crippen LogP contribution in [0.2, 0.25) is 0 Å². The monoisotopic (exact) mass is 299 g/mol. The van der Waals surface area contributed by atoms with Crippen LogP contribution in [-0.4, -0.2) is 22.7 Å². The van der Waals surface area contributed by atoms with Gasteiger partial charge in [-0.05, 0) is 28.8 Å². The van der Waals surface area contributed by atoms with Crippen LogP contribution in [0.4, 0.5) is 11.4 Å². The van der Waals surface area contributed by atoms with Crippen molar-refractivity contribution in [1.29, 1.82) is 0 Å². The molecule has 94 valence electrons. The number of pyridine rings is 1. The minimum atomic E-state index is -0.182. The Kier molecular flexibility index (Phi) is 4.23. The van der Waals surface area contributed by atoms with Crippen LogP contribution in [0.1, 0.15) is 25.7 Å². The number of hydrogen-bond acceptors (Lipinski definition) is 4. The SMILES string of the molecule is Nc1cncc(Br)c1NCC1CCCCC1O. The standard InChI is InChI=1S/C12H18BrN3O/c13-9-6-15-7-10(14)12(9)16-5-8-3-1-2-4-11(8)17/h6-8,11,17H,1-5,14H2,(H,15,16). The van der Waals surface area contributed by atoms with E-state index in [-0.39, 0.29) is 6.10 Å². The van der Waals surface area contributed by atoms with Crippen LogP contribution in [-0.2, 0) is 0 Å². The number of nitrogens with zero attached hydrogens (tertiary/aromatic N) is 1. The second kappa shape index (κ2) is 5.69. The number of hydrogen-bond donors (Lipinski definition) is 3. The summed E-state index contributed by atoms with van der Waals surface area (Å²) in [4.78, 5) is 3.99. The average Bonchev–Trinajstić information content (AvgIpc) is 2.30. The van der Waals surface area contributed by atoms with Gasteiger partial charge >= 0.3 is 0 Å². The Morgan fingerprint density at radius 1 is 1.41 bits per heavy atom. The van der Waals surface area contributed by atoms with E-state index >= 15 is 0 Å². The number of halogens is 1. The van der Waals surface area contributed by atoms with E-state index in [1.165, 1.54) is 6.42 Å². The van der Waals surface area contributed by atoms with Crippen molar-refractivity contribution in [2.45, 2.75) is 31.8 Å². The third-order valence-electron chi connectivity index (χ3n) is 3.34. The highest BCUT2D eigenvalue weighted by atomic mass is 79.9. The van der Waals surface area contributed by atoms with Crippen molar-refractivity contribution in [3.63, 3.8) is 0 Å². The van der Waals surface area contributed by atoms with Crippen molar-refractivity contribution < 1.29 is 5.11 Å². The summed E-state index contributed by atoms with van der Waals surface area (Å²) < 4.78 is 0.864. The molecule has 17 heavy (non-hydrogen) atoms. The summed E-state index contributed by atoms with van der Waals surface area (Å²) in [6.07, 6.45) is 7.50. The fourth-order valence-electron chi connectivity index (χ4n) is 2.30.